The molecule has 7 heteroatoms. The molecule has 2 N–H and O–H groups in total. The van der Waals surface area contributed by atoms with Gasteiger partial charge in [-0.2, -0.15) is 0 Å². The molecule has 4 aromatic rings. The summed E-state index contributed by atoms with van der Waals surface area (Å²) >= 11 is 1.37. The van der Waals surface area contributed by atoms with Gasteiger partial charge >= 0.3 is 0 Å². The molecule has 170 valence electrons. The number of benzene rings is 3. The molecule has 1 heterocycles. The van der Waals surface area contributed by atoms with Crippen LogP contribution in [0.3, 0.4) is 0 Å². The zero-order chi connectivity index (χ0) is 24.3. The van der Waals surface area contributed by atoms with E-state index < -0.39 is 5.41 Å². The predicted octanol–water partition coefficient (Wildman–Crippen LogP) is 6.21. The lowest BCUT2D eigenvalue weighted by molar-refractivity contribution is -0.114. The average molecular weight is 470 g/mol. The highest BCUT2D eigenvalue weighted by molar-refractivity contribution is 7.22. The molecule has 0 spiro atoms. The Morgan fingerprint density at radius 2 is 1.76 bits per heavy atom. The summed E-state index contributed by atoms with van der Waals surface area (Å²) in [6, 6.07) is 20.0. The third-order valence-corrected chi connectivity index (χ3v) is 6.11. The molecule has 0 aliphatic heterocycles. The minimum Gasteiger partial charge on any atom is -0.457 e. The number of anilines is 2. The molecule has 0 fully saturated rings. The summed E-state index contributed by atoms with van der Waals surface area (Å²) < 4.78 is 6.89. The molecule has 0 atom stereocenters. The van der Waals surface area contributed by atoms with Crippen molar-refractivity contribution in [2.45, 2.75) is 26.2 Å². The van der Waals surface area contributed by atoms with Crippen LogP contribution in [0.2, 0.25) is 0 Å². The summed E-state index contributed by atoms with van der Waals surface area (Å²) in [5.74, 6) is 3.55. The molecule has 2 amide bonds. The maximum Gasteiger partial charge on any atom is 0.255 e. The number of amides is 2. The maximum atomic E-state index is 12.8. The van der Waals surface area contributed by atoms with Crippen molar-refractivity contribution in [3.63, 3.8) is 0 Å². The molecule has 0 saturated heterocycles. The first-order valence-corrected chi connectivity index (χ1v) is 11.4. The summed E-state index contributed by atoms with van der Waals surface area (Å²) in [5.41, 5.74) is 2.34. The summed E-state index contributed by atoms with van der Waals surface area (Å²) in [7, 11) is 0. The van der Waals surface area contributed by atoms with E-state index in [1.54, 1.807) is 18.2 Å². The Labute approximate surface area is 202 Å². The van der Waals surface area contributed by atoms with Gasteiger partial charge in [0.15, 0.2) is 5.13 Å². The van der Waals surface area contributed by atoms with Gasteiger partial charge < -0.3 is 15.4 Å². The minimum absolute atomic E-state index is 0.166. The van der Waals surface area contributed by atoms with Crippen LogP contribution in [0, 0.1) is 12.3 Å². The van der Waals surface area contributed by atoms with Crippen LogP contribution in [-0.4, -0.2) is 16.8 Å². The van der Waals surface area contributed by atoms with Crippen LogP contribution in [0.4, 0.5) is 10.8 Å². The van der Waals surface area contributed by atoms with Gasteiger partial charge in [-0.05, 0) is 55.8 Å². The van der Waals surface area contributed by atoms with E-state index in [0.717, 1.165) is 15.8 Å². The highest BCUT2D eigenvalue weighted by Crippen LogP contribution is 2.32. The van der Waals surface area contributed by atoms with E-state index in [4.69, 9.17) is 11.2 Å². The fourth-order valence-corrected chi connectivity index (χ4v) is 4.22. The molecule has 0 radical (unpaired) electrons. The fraction of sp³-hybridized carbons (Fsp3) is 0.148. The van der Waals surface area contributed by atoms with Crippen molar-refractivity contribution in [2.24, 2.45) is 0 Å². The maximum absolute atomic E-state index is 12.8. The van der Waals surface area contributed by atoms with Crippen LogP contribution in [0.1, 0.15) is 36.7 Å². The lowest BCUT2D eigenvalue weighted by atomic mass is 9.85. The number of ether oxygens (including phenoxy) is 1. The van der Waals surface area contributed by atoms with Crippen molar-refractivity contribution < 1.29 is 14.3 Å². The predicted molar refractivity (Wildman–Crippen MR) is 137 cm³/mol. The zero-order valence-corrected chi connectivity index (χ0v) is 19.8. The fourth-order valence-electron chi connectivity index (χ4n) is 3.28. The highest BCUT2D eigenvalue weighted by atomic mass is 32.1. The second kappa shape index (κ2) is 9.38. The third-order valence-electron chi connectivity index (χ3n) is 5.18. The van der Waals surface area contributed by atoms with Gasteiger partial charge in [-0.1, -0.05) is 35.5 Å². The second-order valence-corrected chi connectivity index (χ2v) is 9.29. The third kappa shape index (κ3) is 5.25. The zero-order valence-electron chi connectivity index (χ0n) is 19.0. The van der Waals surface area contributed by atoms with Gasteiger partial charge in [-0.3, -0.25) is 9.59 Å². The highest BCUT2D eigenvalue weighted by Gasteiger charge is 2.18. The van der Waals surface area contributed by atoms with Gasteiger partial charge in [0, 0.05) is 30.3 Å². The Morgan fingerprint density at radius 3 is 2.53 bits per heavy atom. The molecular formula is C27H23N3O3S. The van der Waals surface area contributed by atoms with Crippen molar-refractivity contribution in [3.05, 3.63) is 77.9 Å². The van der Waals surface area contributed by atoms with E-state index in [1.165, 1.54) is 18.3 Å². The lowest BCUT2D eigenvalue weighted by Crippen LogP contribution is -2.17. The lowest BCUT2D eigenvalue weighted by Gasteiger charge is -2.18. The van der Waals surface area contributed by atoms with Gasteiger partial charge in [-0.15, -0.1) is 6.42 Å². The first-order chi connectivity index (χ1) is 16.2. The number of thiazole rings is 1. The van der Waals surface area contributed by atoms with Crippen LogP contribution in [0.25, 0.3) is 10.2 Å². The standard InChI is InChI=1S/C27H23N3O3S/c1-5-27(3,4)19-9-6-8-18(14-19)25(32)29-20-10-7-11-21(15-20)33-22-12-13-23-24(16-22)34-26(30-23)28-17(2)31/h1,6-16H,2-4H3,(H,29,32)(H,28,30,31). The molecule has 4 rings (SSSR count). The summed E-state index contributed by atoms with van der Waals surface area (Å²) in [6.07, 6.45) is 5.63. The van der Waals surface area contributed by atoms with Crippen LogP contribution >= 0.6 is 11.3 Å². The number of aromatic nitrogens is 1. The number of fused-ring (bicyclic) bond motifs is 1. The number of nitrogens with one attached hydrogen (secondary N) is 2. The second-order valence-electron chi connectivity index (χ2n) is 8.26. The number of hydrogen-bond donors (Lipinski definition) is 2. The molecule has 0 saturated carbocycles. The normalized spacial score (nSPS) is 11.0. The summed E-state index contributed by atoms with van der Waals surface area (Å²) in [6.45, 7) is 5.32. The monoisotopic (exact) mass is 469 g/mol. The number of nitrogens with zero attached hydrogens (tertiary/aromatic N) is 1. The Hall–Kier alpha value is -4.15. The number of carbonyl (C=O) groups is 2. The number of terminal acetylenes is 1. The Kier molecular flexibility index (Phi) is 6.35. The molecule has 0 bridgehead atoms. The van der Waals surface area contributed by atoms with Gasteiger partial charge in [0.2, 0.25) is 5.91 Å². The van der Waals surface area contributed by atoms with E-state index >= 15 is 0 Å². The molecule has 0 unspecified atom stereocenters. The van der Waals surface area contributed by atoms with Crippen molar-refractivity contribution in [2.75, 3.05) is 10.6 Å². The van der Waals surface area contributed by atoms with Gasteiger partial charge in [0.1, 0.15) is 11.5 Å². The van der Waals surface area contributed by atoms with Gasteiger partial charge in [-0.25, -0.2) is 4.98 Å². The molecule has 0 aliphatic rings. The topological polar surface area (TPSA) is 80.3 Å². The van der Waals surface area contributed by atoms with Gasteiger partial charge in [0.05, 0.1) is 15.6 Å². The Bertz CT molecular complexity index is 1430. The first-order valence-electron chi connectivity index (χ1n) is 10.6. The van der Waals surface area contributed by atoms with E-state index in [-0.39, 0.29) is 11.8 Å². The molecule has 34 heavy (non-hydrogen) atoms. The number of rotatable bonds is 6. The first kappa shape index (κ1) is 23.0. The molecule has 3 aromatic carbocycles. The quantitative estimate of drug-likeness (QED) is 0.329. The van der Waals surface area contributed by atoms with E-state index in [2.05, 4.69) is 21.5 Å². The number of carbonyl (C=O) groups excluding carboxylic acids is 2. The summed E-state index contributed by atoms with van der Waals surface area (Å²) in [5, 5.41) is 6.15. The minimum atomic E-state index is -0.466. The Balaban J connectivity index is 1.49. The van der Waals surface area contributed by atoms with E-state index in [9.17, 15) is 9.59 Å². The van der Waals surface area contributed by atoms with E-state index in [0.29, 0.717) is 27.9 Å². The number of hydrogen-bond acceptors (Lipinski definition) is 5. The van der Waals surface area contributed by atoms with Gasteiger partial charge in [0.25, 0.3) is 5.91 Å². The SMILES string of the molecule is C#CC(C)(C)c1cccc(C(=O)Nc2cccc(Oc3ccc4nc(NC(C)=O)sc4c3)c2)c1. The average Bonchev–Trinajstić information content (AvgIpc) is 3.20. The van der Waals surface area contributed by atoms with Crippen molar-refractivity contribution >= 4 is 44.2 Å². The van der Waals surface area contributed by atoms with Crippen LogP contribution in [0.5, 0.6) is 11.5 Å². The van der Waals surface area contributed by atoms with E-state index in [1.807, 2.05) is 62.4 Å². The molecule has 1 aromatic heterocycles. The molecular weight excluding hydrogens is 446 g/mol. The van der Waals surface area contributed by atoms with Crippen LogP contribution < -0.4 is 15.4 Å². The summed E-state index contributed by atoms with van der Waals surface area (Å²) in [4.78, 5) is 28.5. The van der Waals surface area contributed by atoms with Crippen molar-refractivity contribution in [3.8, 4) is 23.8 Å². The largest absolute Gasteiger partial charge is 0.457 e. The molecule has 0 aliphatic carbocycles. The van der Waals surface area contributed by atoms with Crippen LogP contribution in [-0.2, 0) is 10.2 Å². The van der Waals surface area contributed by atoms with Crippen LogP contribution in [0.15, 0.2) is 66.7 Å². The molecule has 6 nitrogen and oxygen atoms in total. The smallest absolute Gasteiger partial charge is 0.255 e. The van der Waals surface area contributed by atoms with Crippen molar-refractivity contribution in [1.82, 2.24) is 4.98 Å². The Morgan fingerprint density at radius 1 is 1.00 bits per heavy atom. The van der Waals surface area contributed by atoms with Crippen molar-refractivity contribution in [1.29, 1.82) is 0 Å².